The zero-order valence-corrected chi connectivity index (χ0v) is 16.5. The number of hydrogen-bond acceptors (Lipinski definition) is 5. The Hall–Kier alpha value is -1.40. The van der Waals surface area contributed by atoms with E-state index >= 15 is 0 Å². The van der Waals surface area contributed by atoms with Gasteiger partial charge in [-0.15, -0.1) is 22.9 Å². The van der Waals surface area contributed by atoms with Crippen molar-refractivity contribution < 1.29 is 4.79 Å². The Morgan fingerprint density at radius 1 is 1.20 bits per heavy atom. The predicted octanol–water partition coefficient (Wildman–Crippen LogP) is 3.46. The van der Waals surface area contributed by atoms with Crippen LogP contribution in [0.1, 0.15) is 41.9 Å². The van der Waals surface area contributed by atoms with Gasteiger partial charge < -0.3 is 9.80 Å². The maximum atomic E-state index is 12.1. The summed E-state index contributed by atoms with van der Waals surface area (Å²) in [4.78, 5) is 28.5. The SMILES string of the molecule is Cc1sc2nc(C3CC3)nc(N3CCN(C(=O)C(C)Cl)CC3)c2c1C. The van der Waals surface area contributed by atoms with Crippen LogP contribution >= 0.6 is 22.9 Å². The molecule has 1 unspecified atom stereocenters. The second kappa shape index (κ2) is 6.40. The van der Waals surface area contributed by atoms with E-state index in [9.17, 15) is 4.79 Å². The monoisotopic (exact) mass is 378 g/mol. The van der Waals surface area contributed by atoms with Crippen LogP contribution in [0.2, 0.25) is 0 Å². The highest BCUT2D eigenvalue weighted by atomic mass is 35.5. The first-order valence-electron chi connectivity index (χ1n) is 8.91. The molecule has 134 valence electrons. The van der Waals surface area contributed by atoms with Crippen LogP contribution in [0.4, 0.5) is 5.82 Å². The Labute approximate surface area is 157 Å². The highest BCUT2D eigenvalue weighted by Crippen LogP contribution is 2.42. The summed E-state index contributed by atoms with van der Waals surface area (Å²) in [5.74, 6) is 2.61. The molecule has 3 heterocycles. The van der Waals surface area contributed by atoms with Gasteiger partial charge in [0.15, 0.2) is 0 Å². The zero-order chi connectivity index (χ0) is 17.7. The third-order valence-corrected chi connectivity index (χ3v) is 6.49. The molecule has 0 radical (unpaired) electrons. The molecule has 4 rings (SSSR count). The summed E-state index contributed by atoms with van der Waals surface area (Å²) in [5, 5.41) is 0.734. The van der Waals surface area contributed by atoms with Crippen LogP contribution in [0.3, 0.4) is 0 Å². The fraction of sp³-hybridized carbons (Fsp3) is 0.611. The number of piperazine rings is 1. The van der Waals surface area contributed by atoms with Gasteiger partial charge in [-0.25, -0.2) is 9.97 Å². The Bertz CT molecular complexity index is 822. The lowest BCUT2D eigenvalue weighted by Crippen LogP contribution is -2.50. The third-order valence-electron chi connectivity index (χ3n) is 5.20. The lowest BCUT2D eigenvalue weighted by atomic mass is 10.2. The summed E-state index contributed by atoms with van der Waals surface area (Å²) < 4.78 is 0. The molecular weight excluding hydrogens is 356 g/mol. The summed E-state index contributed by atoms with van der Waals surface area (Å²) in [6, 6.07) is 0. The van der Waals surface area contributed by atoms with Gasteiger partial charge in [0.25, 0.3) is 0 Å². The molecule has 1 aliphatic heterocycles. The van der Waals surface area contributed by atoms with E-state index in [4.69, 9.17) is 21.6 Å². The van der Waals surface area contributed by atoms with E-state index in [1.807, 2.05) is 4.90 Å². The summed E-state index contributed by atoms with van der Waals surface area (Å²) in [6.07, 6.45) is 2.40. The average molecular weight is 379 g/mol. The molecule has 0 spiro atoms. The Morgan fingerprint density at radius 2 is 1.88 bits per heavy atom. The Balaban J connectivity index is 1.66. The normalized spacial score (nSPS) is 19.5. The van der Waals surface area contributed by atoms with Crippen LogP contribution in [-0.4, -0.2) is 52.3 Å². The third kappa shape index (κ3) is 3.10. The zero-order valence-electron chi connectivity index (χ0n) is 14.9. The lowest BCUT2D eigenvalue weighted by molar-refractivity contribution is -0.130. The van der Waals surface area contributed by atoms with Gasteiger partial charge in [0.1, 0.15) is 21.8 Å². The molecule has 2 aromatic rings. The van der Waals surface area contributed by atoms with Crippen molar-refractivity contribution in [1.29, 1.82) is 0 Å². The first kappa shape index (κ1) is 17.0. The van der Waals surface area contributed by atoms with Crippen molar-refractivity contribution in [1.82, 2.24) is 14.9 Å². The Kier molecular flexibility index (Phi) is 4.36. The van der Waals surface area contributed by atoms with Crippen molar-refractivity contribution in [2.45, 2.75) is 44.9 Å². The molecule has 2 aliphatic rings. The number of hydrogen-bond donors (Lipinski definition) is 0. The molecular formula is C18H23ClN4OS. The van der Waals surface area contributed by atoms with E-state index < -0.39 is 5.38 Å². The Morgan fingerprint density at radius 3 is 2.48 bits per heavy atom. The first-order valence-corrected chi connectivity index (χ1v) is 10.2. The molecule has 1 amide bonds. The standard InChI is InChI=1S/C18H23ClN4OS/c1-10-12(3)25-17-14(10)16(20-15(21-17)13-4-5-13)22-6-8-23(9-7-22)18(24)11(2)19/h11,13H,4-9H2,1-3H3. The van der Waals surface area contributed by atoms with Gasteiger partial charge in [-0.3, -0.25) is 4.79 Å². The van der Waals surface area contributed by atoms with E-state index in [2.05, 4.69) is 18.7 Å². The number of alkyl halides is 1. The minimum atomic E-state index is -0.458. The molecule has 1 atom stereocenters. The molecule has 0 bridgehead atoms. The van der Waals surface area contributed by atoms with Crippen molar-refractivity contribution >= 4 is 44.9 Å². The molecule has 25 heavy (non-hydrogen) atoms. The minimum Gasteiger partial charge on any atom is -0.352 e. The fourth-order valence-corrected chi connectivity index (χ4v) is 4.56. The molecule has 7 heteroatoms. The minimum absolute atomic E-state index is 0.0235. The number of thiophene rings is 1. The van der Waals surface area contributed by atoms with Gasteiger partial charge >= 0.3 is 0 Å². The highest BCUT2D eigenvalue weighted by Gasteiger charge is 2.31. The largest absolute Gasteiger partial charge is 0.352 e. The van der Waals surface area contributed by atoms with Crippen LogP contribution in [0, 0.1) is 13.8 Å². The fourth-order valence-electron chi connectivity index (χ4n) is 3.39. The van der Waals surface area contributed by atoms with Gasteiger partial charge in [0, 0.05) is 37.0 Å². The van der Waals surface area contributed by atoms with Crippen LogP contribution in [0.5, 0.6) is 0 Å². The van der Waals surface area contributed by atoms with Crippen LogP contribution in [-0.2, 0) is 4.79 Å². The number of nitrogens with zero attached hydrogens (tertiary/aromatic N) is 4. The molecule has 1 saturated carbocycles. The van der Waals surface area contributed by atoms with Crippen molar-refractivity contribution in [2.75, 3.05) is 31.1 Å². The summed E-state index contributed by atoms with van der Waals surface area (Å²) in [5.41, 5.74) is 1.28. The van der Waals surface area contributed by atoms with Gasteiger partial charge in [-0.05, 0) is 39.2 Å². The number of aromatic nitrogens is 2. The van der Waals surface area contributed by atoms with Crippen molar-refractivity contribution in [3.8, 4) is 0 Å². The van der Waals surface area contributed by atoms with Crippen LogP contribution < -0.4 is 4.90 Å². The highest BCUT2D eigenvalue weighted by molar-refractivity contribution is 7.18. The second-order valence-corrected chi connectivity index (χ2v) is 8.93. The maximum absolute atomic E-state index is 12.1. The van der Waals surface area contributed by atoms with Gasteiger partial charge in [-0.2, -0.15) is 0 Å². The van der Waals surface area contributed by atoms with E-state index in [0.29, 0.717) is 19.0 Å². The first-order chi connectivity index (χ1) is 12.0. The molecule has 0 N–H and O–H groups in total. The van der Waals surface area contributed by atoms with E-state index in [1.165, 1.54) is 28.7 Å². The van der Waals surface area contributed by atoms with Crippen LogP contribution in [0.25, 0.3) is 10.2 Å². The molecule has 2 aromatic heterocycles. The molecule has 2 fully saturated rings. The van der Waals surface area contributed by atoms with E-state index in [1.54, 1.807) is 18.3 Å². The van der Waals surface area contributed by atoms with Gasteiger partial charge in [0.2, 0.25) is 5.91 Å². The number of aryl methyl sites for hydroxylation is 2. The van der Waals surface area contributed by atoms with E-state index in [0.717, 1.165) is 29.6 Å². The summed E-state index contributed by atoms with van der Waals surface area (Å²) >= 11 is 7.72. The number of fused-ring (bicyclic) bond motifs is 1. The summed E-state index contributed by atoms with van der Waals surface area (Å²) in [6.45, 7) is 9.03. The van der Waals surface area contributed by atoms with Gasteiger partial charge in [0.05, 0.1) is 5.39 Å². The van der Waals surface area contributed by atoms with Crippen molar-refractivity contribution in [2.24, 2.45) is 0 Å². The lowest BCUT2D eigenvalue weighted by Gasteiger charge is -2.36. The second-order valence-electron chi connectivity index (χ2n) is 7.07. The molecule has 0 aromatic carbocycles. The van der Waals surface area contributed by atoms with Gasteiger partial charge in [-0.1, -0.05) is 0 Å². The summed E-state index contributed by atoms with van der Waals surface area (Å²) in [7, 11) is 0. The predicted molar refractivity (Wildman–Crippen MR) is 103 cm³/mol. The number of anilines is 1. The van der Waals surface area contributed by atoms with Crippen LogP contribution in [0.15, 0.2) is 0 Å². The number of halogens is 1. The van der Waals surface area contributed by atoms with Crippen molar-refractivity contribution in [3.63, 3.8) is 0 Å². The number of carbonyl (C=O) groups excluding carboxylic acids is 1. The molecule has 5 nitrogen and oxygen atoms in total. The number of amides is 1. The molecule has 1 saturated heterocycles. The van der Waals surface area contributed by atoms with E-state index in [-0.39, 0.29) is 5.91 Å². The smallest absolute Gasteiger partial charge is 0.240 e. The number of carbonyl (C=O) groups is 1. The average Bonchev–Trinajstić information content (AvgIpc) is 3.41. The van der Waals surface area contributed by atoms with Crippen molar-refractivity contribution in [3.05, 3.63) is 16.3 Å². The molecule has 1 aliphatic carbocycles. The topological polar surface area (TPSA) is 49.3 Å². The maximum Gasteiger partial charge on any atom is 0.240 e. The number of rotatable bonds is 3. The quantitative estimate of drug-likeness (QED) is 0.767.